The zero-order chi connectivity index (χ0) is 14.8. The quantitative estimate of drug-likeness (QED) is 0.756. The fraction of sp³-hybridized carbons (Fsp3) is 0.417. The smallest absolute Gasteiger partial charge is 0.242 e. The average Bonchev–Trinajstić information content (AvgIpc) is 3.05. The number of nitrogens with one attached hydrogen (secondary N) is 2. The lowest BCUT2D eigenvalue weighted by atomic mass is 10.2. The minimum absolute atomic E-state index is 0.156. The minimum atomic E-state index is -3.63. The molecule has 0 radical (unpaired) electrons. The first-order valence-electron chi connectivity index (χ1n) is 6.19. The molecular formula is C12H17N3O3S2. The van der Waals surface area contributed by atoms with Crippen LogP contribution in [0, 0.1) is 6.92 Å². The molecule has 6 nitrogen and oxygen atoms in total. The lowest BCUT2D eigenvalue weighted by Crippen LogP contribution is -2.29. The molecule has 1 atom stereocenters. The Morgan fingerprint density at radius 1 is 1.55 bits per heavy atom. The van der Waals surface area contributed by atoms with Crippen molar-refractivity contribution in [2.24, 2.45) is 0 Å². The number of aliphatic hydroxyl groups is 1. The van der Waals surface area contributed by atoms with Gasteiger partial charge in [-0.25, -0.2) is 18.1 Å². The van der Waals surface area contributed by atoms with Crippen LogP contribution >= 0.6 is 11.3 Å². The van der Waals surface area contributed by atoms with Gasteiger partial charge in [-0.15, -0.1) is 11.3 Å². The molecule has 0 aliphatic carbocycles. The number of aryl methyl sites for hydroxylation is 1. The Kier molecular flexibility index (Phi) is 4.59. The van der Waals surface area contributed by atoms with Gasteiger partial charge < -0.3 is 10.1 Å². The summed E-state index contributed by atoms with van der Waals surface area (Å²) in [6.45, 7) is 3.46. The summed E-state index contributed by atoms with van der Waals surface area (Å²) in [6, 6.07) is 1.11. The molecule has 110 valence electrons. The minimum Gasteiger partial charge on any atom is -0.391 e. The molecule has 2 aromatic heterocycles. The molecule has 8 heteroatoms. The molecule has 0 saturated heterocycles. The summed E-state index contributed by atoms with van der Waals surface area (Å²) in [4.78, 5) is 8.52. The molecule has 0 saturated carbocycles. The maximum Gasteiger partial charge on any atom is 0.242 e. The summed E-state index contributed by atoms with van der Waals surface area (Å²) < 4.78 is 27.5. The second-order valence-corrected chi connectivity index (χ2v) is 7.37. The van der Waals surface area contributed by atoms with E-state index in [4.69, 9.17) is 5.11 Å². The van der Waals surface area contributed by atoms with Gasteiger partial charge in [-0.3, -0.25) is 0 Å². The van der Waals surface area contributed by atoms with Crippen LogP contribution in [0.3, 0.4) is 0 Å². The number of rotatable bonds is 6. The topological polar surface area (TPSA) is 95.1 Å². The van der Waals surface area contributed by atoms with Crippen molar-refractivity contribution in [3.63, 3.8) is 0 Å². The molecule has 0 aromatic carbocycles. The number of imidazole rings is 1. The van der Waals surface area contributed by atoms with Crippen molar-refractivity contribution >= 4 is 21.4 Å². The maximum absolute atomic E-state index is 12.4. The number of hydrogen-bond donors (Lipinski definition) is 3. The summed E-state index contributed by atoms with van der Waals surface area (Å²) in [5.74, 6) is 0.589. The molecule has 3 N–H and O–H groups in total. The number of aromatic nitrogens is 2. The van der Waals surface area contributed by atoms with Crippen LogP contribution in [0.1, 0.15) is 35.0 Å². The van der Waals surface area contributed by atoms with Crippen molar-refractivity contribution in [3.8, 4) is 0 Å². The fourth-order valence-electron chi connectivity index (χ4n) is 1.92. The molecule has 0 bridgehead atoms. The number of hydrogen-bond acceptors (Lipinski definition) is 5. The third-order valence-corrected chi connectivity index (χ3v) is 5.69. The summed E-state index contributed by atoms with van der Waals surface area (Å²) >= 11 is 1.28. The van der Waals surface area contributed by atoms with Crippen LogP contribution < -0.4 is 4.72 Å². The van der Waals surface area contributed by atoms with Crippen molar-refractivity contribution < 1.29 is 13.5 Å². The highest BCUT2D eigenvalue weighted by Crippen LogP contribution is 2.27. The van der Waals surface area contributed by atoms with Crippen LogP contribution in [0.2, 0.25) is 0 Å². The Hall–Kier alpha value is -1.22. The van der Waals surface area contributed by atoms with Crippen molar-refractivity contribution in [1.29, 1.82) is 0 Å². The molecule has 2 rings (SSSR count). The van der Waals surface area contributed by atoms with E-state index in [1.165, 1.54) is 17.4 Å². The first-order valence-corrected chi connectivity index (χ1v) is 8.49. The number of thiophene rings is 1. The highest BCUT2D eigenvalue weighted by molar-refractivity contribution is 7.89. The van der Waals surface area contributed by atoms with Gasteiger partial charge in [0.15, 0.2) is 0 Å². The van der Waals surface area contributed by atoms with E-state index in [1.54, 1.807) is 19.3 Å². The van der Waals surface area contributed by atoms with Crippen LogP contribution in [-0.4, -0.2) is 23.5 Å². The molecular weight excluding hydrogens is 298 g/mol. The van der Waals surface area contributed by atoms with Gasteiger partial charge in [0, 0.05) is 22.1 Å². The second kappa shape index (κ2) is 6.04. The van der Waals surface area contributed by atoms with Crippen LogP contribution in [0.15, 0.2) is 23.4 Å². The summed E-state index contributed by atoms with van der Waals surface area (Å²) in [7, 11) is -3.63. The van der Waals surface area contributed by atoms with Crippen molar-refractivity contribution in [2.75, 3.05) is 0 Å². The monoisotopic (exact) mass is 315 g/mol. The lowest BCUT2D eigenvalue weighted by molar-refractivity contribution is 0.285. The standard InChI is InChI=1S/C12H17N3O3S2/c1-3-10(12-13-4-5-14-12)15-20(17,18)11-6-9(7-16)19-8(11)2/h4-6,10,15-16H,3,7H2,1-2H3,(H,13,14). The van der Waals surface area contributed by atoms with E-state index in [2.05, 4.69) is 14.7 Å². The van der Waals surface area contributed by atoms with Crippen molar-refractivity contribution in [2.45, 2.75) is 37.8 Å². The largest absolute Gasteiger partial charge is 0.391 e. The molecule has 0 amide bonds. The van der Waals surface area contributed by atoms with Crippen molar-refractivity contribution in [1.82, 2.24) is 14.7 Å². The highest BCUT2D eigenvalue weighted by atomic mass is 32.2. The predicted octanol–water partition coefficient (Wildman–Crippen LogP) is 1.70. The van der Waals surface area contributed by atoms with Gasteiger partial charge in [-0.2, -0.15) is 0 Å². The van der Waals surface area contributed by atoms with Crippen LogP contribution in [0.25, 0.3) is 0 Å². The Morgan fingerprint density at radius 2 is 2.30 bits per heavy atom. The van der Waals surface area contributed by atoms with Gasteiger partial charge >= 0.3 is 0 Å². The zero-order valence-corrected chi connectivity index (χ0v) is 12.9. The summed E-state index contributed by atoms with van der Waals surface area (Å²) in [6.07, 6.45) is 3.83. The van der Waals surface area contributed by atoms with E-state index in [9.17, 15) is 8.42 Å². The van der Waals surface area contributed by atoms with E-state index in [1.807, 2.05) is 6.92 Å². The molecule has 20 heavy (non-hydrogen) atoms. The molecule has 0 aliphatic heterocycles. The second-order valence-electron chi connectivity index (χ2n) is 4.35. The predicted molar refractivity (Wildman–Crippen MR) is 76.9 cm³/mol. The van der Waals surface area contributed by atoms with Crippen LogP contribution in [0.5, 0.6) is 0 Å². The van der Waals surface area contributed by atoms with Gasteiger partial charge in [0.1, 0.15) is 5.82 Å². The lowest BCUT2D eigenvalue weighted by Gasteiger charge is -2.14. The molecule has 0 spiro atoms. The van der Waals surface area contributed by atoms with Crippen LogP contribution in [0.4, 0.5) is 0 Å². The van der Waals surface area contributed by atoms with E-state index in [-0.39, 0.29) is 11.5 Å². The van der Waals surface area contributed by atoms with Crippen LogP contribution in [-0.2, 0) is 16.6 Å². The molecule has 2 aromatic rings. The van der Waals surface area contributed by atoms with Gasteiger partial charge in [-0.1, -0.05) is 6.92 Å². The molecule has 1 unspecified atom stereocenters. The van der Waals surface area contributed by atoms with Crippen molar-refractivity contribution in [3.05, 3.63) is 34.0 Å². The number of sulfonamides is 1. The zero-order valence-electron chi connectivity index (χ0n) is 11.3. The third-order valence-electron chi connectivity index (χ3n) is 2.92. The SMILES string of the molecule is CCC(NS(=O)(=O)c1cc(CO)sc1C)c1ncc[nH]1. The summed E-state index contributed by atoms with van der Waals surface area (Å²) in [5, 5.41) is 9.10. The Balaban J connectivity index is 2.28. The number of H-pyrrole nitrogens is 1. The Bertz CT molecular complexity index is 662. The average molecular weight is 315 g/mol. The van der Waals surface area contributed by atoms with E-state index < -0.39 is 16.1 Å². The van der Waals surface area contributed by atoms with E-state index >= 15 is 0 Å². The Labute approximate surface area is 121 Å². The normalized spacial score (nSPS) is 13.6. The third kappa shape index (κ3) is 3.09. The summed E-state index contributed by atoms with van der Waals surface area (Å²) in [5.41, 5.74) is 0. The van der Waals surface area contributed by atoms with E-state index in [0.29, 0.717) is 22.0 Å². The van der Waals surface area contributed by atoms with E-state index in [0.717, 1.165) is 0 Å². The number of aromatic amines is 1. The van der Waals surface area contributed by atoms with Gasteiger partial charge in [0.25, 0.3) is 0 Å². The van der Waals surface area contributed by atoms with Gasteiger partial charge in [-0.05, 0) is 19.4 Å². The first kappa shape index (κ1) is 15.2. The fourth-order valence-corrected chi connectivity index (χ4v) is 4.70. The number of aliphatic hydroxyl groups excluding tert-OH is 1. The number of nitrogens with zero attached hydrogens (tertiary/aromatic N) is 1. The highest BCUT2D eigenvalue weighted by Gasteiger charge is 2.24. The van der Waals surface area contributed by atoms with Gasteiger partial charge in [0.2, 0.25) is 10.0 Å². The first-order chi connectivity index (χ1) is 9.47. The van der Waals surface area contributed by atoms with Gasteiger partial charge in [0.05, 0.1) is 17.5 Å². The molecule has 0 aliphatic rings. The molecule has 2 heterocycles. The molecule has 0 fully saturated rings. The Morgan fingerprint density at radius 3 is 2.80 bits per heavy atom. The maximum atomic E-state index is 12.4.